The van der Waals surface area contributed by atoms with Gasteiger partial charge in [-0.2, -0.15) is 19.6 Å². The van der Waals surface area contributed by atoms with E-state index < -0.39 is 0 Å². The lowest BCUT2D eigenvalue weighted by atomic mass is 9.99. The molecular formula is C15H15Cl2N7. The zero-order valence-corrected chi connectivity index (χ0v) is 14.5. The Morgan fingerprint density at radius 3 is 2.67 bits per heavy atom. The minimum absolute atomic E-state index is 0.310. The lowest BCUT2D eigenvalue weighted by Crippen LogP contribution is -2.35. The standard InChI is InChI=1S/C15H15Cl2N7/c1-9-2-4-23(5-3-9)14-11(12-10(16)6-18-7-19-12)13(17)22-15-20-8-21-24(14)15/h6-9H,2-5H2,1H3. The first-order valence-electron chi connectivity index (χ1n) is 7.75. The normalized spacial score (nSPS) is 16.0. The van der Waals surface area contributed by atoms with Gasteiger partial charge in [-0.05, 0) is 18.8 Å². The summed E-state index contributed by atoms with van der Waals surface area (Å²) in [7, 11) is 0. The Kier molecular flexibility index (Phi) is 3.97. The zero-order chi connectivity index (χ0) is 16.7. The smallest absolute Gasteiger partial charge is 0.255 e. The second-order valence-corrected chi connectivity index (χ2v) is 6.73. The number of hydrogen-bond donors (Lipinski definition) is 0. The van der Waals surface area contributed by atoms with Crippen molar-refractivity contribution in [2.24, 2.45) is 5.92 Å². The molecule has 1 aliphatic rings. The molecule has 0 aromatic carbocycles. The average Bonchev–Trinajstić information content (AvgIpc) is 3.03. The molecule has 1 aliphatic heterocycles. The van der Waals surface area contributed by atoms with Crippen LogP contribution < -0.4 is 4.90 Å². The largest absolute Gasteiger partial charge is 0.356 e. The number of anilines is 1. The van der Waals surface area contributed by atoms with Crippen LogP contribution in [0.3, 0.4) is 0 Å². The van der Waals surface area contributed by atoms with Gasteiger partial charge in [0.15, 0.2) is 0 Å². The van der Waals surface area contributed by atoms with Gasteiger partial charge < -0.3 is 4.90 Å². The third kappa shape index (κ3) is 2.57. The summed E-state index contributed by atoms with van der Waals surface area (Å²) in [5, 5.41) is 5.06. The monoisotopic (exact) mass is 363 g/mol. The molecule has 0 N–H and O–H groups in total. The highest BCUT2D eigenvalue weighted by Gasteiger charge is 2.27. The molecule has 0 spiro atoms. The van der Waals surface area contributed by atoms with Crippen LogP contribution in [-0.2, 0) is 0 Å². The van der Waals surface area contributed by atoms with Crippen molar-refractivity contribution in [2.45, 2.75) is 19.8 Å². The summed E-state index contributed by atoms with van der Waals surface area (Å²) < 4.78 is 1.70. The topological polar surface area (TPSA) is 72.1 Å². The molecule has 4 heterocycles. The number of rotatable bonds is 2. The molecule has 0 aliphatic carbocycles. The molecular weight excluding hydrogens is 349 g/mol. The van der Waals surface area contributed by atoms with E-state index in [1.807, 2.05) is 0 Å². The Morgan fingerprint density at radius 1 is 1.12 bits per heavy atom. The second kappa shape index (κ2) is 6.14. The van der Waals surface area contributed by atoms with Crippen LogP contribution in [0.4, 0.5) is 5.82 Å². The molecule has 0 bridgehead atoms. The van der Waals surface area contributed by atoms with Gasteiger partial charge in [0.25, 0.3) is 5.78 Å². The van der Waals surface area contributed by atoms with Crippen LogP contribution in [0.25, 0.3) is 17.0 Å². The lowest BCUT2D eigenvalue weighted by Gasteiger charge is -2.33. The van der Waals surface area contributed by atoms with Crippen molar-refractivity contribution in [1.29, 1.82) is 0 Å². The molecule has 0 unspecified atom stereocenters. The molecule has 24 heavy (non-hydrogen) atoms. The highest BCUT2D eigenvalue weighted by Crippen LogP contribution is 2.39. The highest BCUT2D eigenvalue weighted by molar-refractivity contribution is 6.36. The Bertz CT molecular complexity index is 887. The third-order valence-corrected chi connectivity index (χ3v) is 4.90. The number of nitrogens with zero attached hydrogens (tertiary/aromatic N) is 7. The molecule has 4 rings (SSSR count). The first-order chi connectivity index (χ1) is 11.6. The summed E-state index contributed by atoms with van der Waals surface area (Å²) >= 11 is 12.8. The van der Waals surface area contributed by atoms with Gasteiger partial charge in [-0.25, -0.2) is 9.97 Å². The third-order valence-electron chi connectivity index (χ3n) is 4.35. The molecule has 0 saturated carbocycles. The van der Waals surface area contributed by atoms with Crippen LogP contribution >= 0.6 is 23.2 Å². The Labute approximate surface area is 148 Å². The number of hydrogen-bond acceptors (Lipinski definition) is 6. The Hall–Kier alpha value is -1.99. The van der Waals surface area contributed by atoms with E-state index in [9.17, 15) is 0 Å². The van der Waals surface area contributed by atoms with Gasteiger partial charge in [-0.15, -0.1) is 0 Å². The van der Waals surface area contributed by atoms with E-state index in [0.717, 1.165) is 31.7 Å². The fraction of sp³-hybridized carbons (Fsp3) is 0.400. The summed E-state index contributed by atoms with van der Waals surface area (Å²) in [5.74, 6) is 1.99. The Morgan fingerprint density at radius 2 is 1.92 bits per heavy atom. The van der Waals surface area contributed by atoms with Gasteiger partial charge >= 0.3 is 0 Å². The van der Waals surface area contributed by atoms with E-state index in [2.05, 4.69) is 36.9 Å². The predicted octanol–water partition coefficient (Wildman–Crippen LogP) is 3.12. The van der Waals surface area contributed by atoms with Gasteiger partial charge in [-0.1, -0.05) is 30.1 Å². The molecule has 1 fully saturated rings. The highest BCUT2D eigenvalue weighted by atomic mass is 35.5. The summed E-state index contributed by atoms with van der Waals surface area (Å²) in [4.78, 5) is 19.0. The lowest BCUT2D eigenvalue weighted by molar-refractivity contribution is 0.435. The van der Waals surface area contributed by atoms with Crippen molar-refractivity contribution >= 4 is 34.8 Å². The molecule has 3 aromatic rings. The molecule has 124 valence electrons. The van der Waals surface area contributed by atoms with Gasteiger partial charge in [0, 0.05) is 19.3 Å². The van der Waals surface area contributed by atoms with Crippen molar-refractivity contribution in [3.63, 3.8) is 0 Å². The number of aromatic nitrogens is 6. The zero-order valence-electron chi connectivity index (χ0n) is 13.0. The van der Waals surface area contributed by atoms with Crippen LogP contribution in [0.1, 0.15) is 19.8 Å². The van der Waals surface area contributed by atoms with E-state index in [1.54, 1.807) is 10.7 Å². The minimum atomic E-state index is 0.310. The van der Waals surface area contributed by atoms with Crippen LogP contribution in [0.15, 0.2) is 18.9 Å². The summed E-state index contributed by atoms with van der Waals surface area (Å²) in [6.45, 7) is 4.09. The maximum Gasteiger partial charge on any atom is 0.255 e. The fourth-order valence-electron chi connectivity index (χ4n) is 3.02. The molecule has 7 nitrogen and oxygen atoms in total. The quantitative estimate of drug-likeness (QED) is 0.651. The molecule has 0 radical (unpaired) electrons. The first kappa shape index (κ1) is 15.5. The van der Waals surface area contributed by atoms with Gasteiger partial charge in [-0.3, -0.25) is 0 Å². The van der Waals surface area contributed by atoms with Crippen molar-refractivity contribution < 1.29 is 0 Å². The summed E-state index contributed by atoms with van der Waals surface area (Å²) in [6.07, 6.45) is 6.68. The van der Waals surface area contributed by atoms with Crippen molar-refractivity contribution in [2.75, 3.05) is 18.0 Å². The fourth-order valence-corrected chi connectivity index (χ4v) is 3.46. The van der Waals surface area contributed by atoms with E-state index in [-0.39, 0.29) is 0 Å². The van der Waals surface area contributed by atoms with Crippen LogP contribution in [-0.4, -0.2) is 42.6 Å². The predicted molar refractivity (Wildman–Crippen MR) is 92.4 cm³/mol. The second-order valence-electron chi connectivity index (χ2n) is 5.96. The van der Waals surface area contributed by atoms with Crippen molar-refractivity contribution in [3.8, 4) is 11.3 Å². The van der Waals surface area contributed by atoms with E-state index in [1.165, 1.54) is 12.7 Å². The van der Waals surface area contributed by atoms with Gasteiger partial charge in [0.05, 0.1) is 16.3 Å². The molecule has 0 amide bonds. The molecule has 3 aromatic heterocycles. The van der Waals surface area contributed by atoms with E-state index >= 15 is 0 Å². The number of halogens is 2. The van der Waals surface area contributed by atoms with Gasteiger partial charge in [0.1, 0.15) is 23.6 Å². The van der Waals surface area contributed by atoms with Crippen LogP contribution in [0, 0.1) is 5.92 Å². The van der Waals surface area contributed by atoms with Crippen molar-refractivity contribution in [3.05, 3.63) is 29.0 Å². The van der Waals surface area contributed by atoms with Crippen molar-refractivity contribution in [1.82, 2.24) is 29.5 Å². The number of fused-ring (bicyclic) bond motifs is 1. The number of piperidine rings is 1. The average molecular weight is 364 g/mol. The molecule has 9 heteroatoms. The summed E-state index contributed by atoms with van der Waals surface area (Å²) in [5.41, 5.74) is 1.21. The molecule has 1 saturated heterocycles. The van der Waals surface area contributed by atoms with Crippen LogP contribution in [0.2, 0.25) is 10.2 Å². The molecule has 0 atom stereocenters. The van der Waals surface area contributed by atoms with E-state index in [4.69, 9.17) is 23.2 Å². The SMILES string of the molecule is CC1CCN(c2c(-c3ncncc3Cl)c(Cl)nc3ncnn23)CC1. The Balaban J connectivity index is 1.97. The van der Waals surface area contributed by atoms with Gasteiger partial charge in [0.2, 0.25) is 0 Å². The minimum Gasteiger partial charge on any atom is -0.356 e. The summed E-state index contributed by atoms with van der Waals surface area (Å²) in [6, 6.07) is 0. The maximum absolute atomic E-state index is 6.48. The maximum atomic E-state index is 6.48. The van der Waals surface area contributed by atoms with Crippen LogP contribution in [0.5, 0.6) is 0 Å². The first-order valence-corrected chi connectivity index (χ1v) is 8.51. The van der Waals surface area contributed by atoms with E-state index in [0.29, 0.717) is 33.1 Å².